The smallest absolute Gasteiger partial charge is 0.274 e. The first-order chi connectivity index (χ1) is 10.6. The van der Waals surface area contributed by atoms with Gasteiger partial charge in [-0.2, -0.15) is 0 Å². The molecule has 0 bridgehead atoms. The quantitative estimate of drug-likeness (QED) is 0.804. The second kappa shape index (κ2) is 5.72. The fourth-order valence-electron chi connectivity index (χ4n) is 1.80. The molecule has 2 aromatic heterocycles. The zero-order chi connectivity index (χ0) is 15.5. The molecular formula is C15H11FN4O2. The number of nitrogens with zero attached hydrogens (tertiary/aromatic N) is 3. The van der Waals surface area contributed by atoms with E-state index >= 15 is 0 Å². The second-order valence-electron chi connectivity index (χ2n) is 4.52. The van der Waals surface area contributed by atoms with E-state index in [2.05, 4.69) is 20.5 Å². The van der Waals surface area contributed by atoms with E-state index in [1.165, 1.54) is 30.5 Å². The molecule has 0 aliphatic carbocycles. The molecule has 0 atom stereocenters. The lowest BCUT2D eigenvalue weighted by Gasteiger charge is -2.04. The van der Waals surface area contributed by atoms with Crippen LogP contribution in [0.1, 0.15) is 16.4 Å². The molecule has 1 N–H and O–H groups in total. The van der Waals surface area contributed by atoms with Crippen molar-refractivity contribution in [2.75, 3.05) is 5.32 Å². The lowest BCUT2D eigenvalue weighted by Crippen LogP contribution is -2.13. The maximum atomic E-state index is 12.8. The number of carbonyl (C=O) groups excluding carboxylic acids is 1. The normalized spacial score (nSPS) is 10.5. The van der Waals surface area contributed by atoms with Gasteiger partial charge in [0.2, 0.25) is 11.8 Å². The Bertz CT molecular complexity index is 797. The zero-order valence-electron chi connectivity index (χ0n) is 11.6. The van der Waals surface area contributed by atoms with Gasteiger partial charge in [-0.3, -0.25) is 9.78 Å². The zero-order valence-corrected chi connectivity index (χ0v) is 11.6. The number of hydrogen-bond acceptors (Lipinski definition) is 5. The number of benzene rings is 1. The van der Waals surface area contributed by atoms with E-state index in [1.54, 1.807) is 19.1 Å². The van der Waals surface area contributed by atoms with E-state index in [0.29, 0.717) is 23.0 Å². The summed E-state index contributed by atoms with van der Waals surface area (Å²) in [4.78, 5) is 16.1. The third-order valence-corrected chi connectivity index (χ3v) is 2.87. The van der Waals surface area contributed by atoms with E-state index in [0.717, 1.165) is 0 Å². The summed E-state index contributed by atoms with van der Waals surface area (Å²) in [5.41, 5.74) is 1.34. The Kier molecular flexibility index (Phi) is 3.61. The minimum Gasteiger partial charge on any atom is -0.421 e. The van der Waals surface area contributed by atoms with Crippen LogP contribution in [0.3, 0.4) is 0 Å². The fraction of sp³-hybridized carbons (Fsp3) is 0.0667. The molecule has 0 aliphatic rings. The highest BCUT2D eigenvalue weighted by molar-refractivity contribution is 6.02. The molecule has 0 aliphatic heterocycles. The number of aromatic nitrogens is 3. The highest BCUT2D eigenvalue weighted by Crippen LogP contribution is 2.17. The minimum atomic E-state index is -0.389. The molecule has 0 saturated carbocycles. The first-order valence-corrected chi connectivity index (χ1v) is 6.45. The van der Waals surface area contributed by atoms with E-state index in [-0.39, 0.29) is 17.4 Å². The van der Waals surface area contributed by atoms with E-state index in [4.69, 9.17) is 4.42 Å². The molecule has 1 amide bonds. The molecular weight excluding hydrogens is 287 g/mol. The summed E-state index contributed by atoms with van der Waals surface area (Å²) in [5, 5.41) is 10.2. The third kappa shape index (κ3) is 2.98. The van der Waals surface area contributed by atoms with Gasteiger partial charge in [-0.05, 0) is 36.4 Å². The molecule has 0 unspecified atom stereocenters. The summed E-state index contributed by atoms with van der Waals surface area (Å²) in [6.07, 6.45) is 1.48. The highest BCUT2D eigenvalue weighted by Gasteiger charge is 2.10. The topological polar surface area (TPSA) is 80.9 Å². The van der Waals surface area contributed by atoms with Crippen LogP contribution >= 0.6 is 0 Å². The van der Waals surface area contributed by atoms with Gasteiger partial charge < -0.3 is 9.73 Å². The van der Waals surface area contributed by atoms with Crippen LogP contribution in [0.15, 0.2) is 47.0 Å². The minimum absolute atomic E-state index is 0.226. The fourth-order valence-corrected chi connectivity index (χ4v) is 1.80. The molecule has 110 valence electrons. The van der Waals surface area contributed by atoms with Crippen LogP contribution in [0.5, 0.6) is 0 Å². The molecule has 3 rings (SSSR count). The van der Waals surface area contributed by atoms with Crippen molar-refractivity contribution in [2.24, 2.45) is 0 Å². The van der Waals surface area contributed by atoms with Crippen LogP contribution in [0.2, 0.25) is 0 Å². The second-order valence-corrected chi connectivity index (χ2v) is 4.52. The first kappa shape index (κ1) is 13.9. The van der Waals surface area contributed by atoms with Crippen LogP contribution in [0.4, 0.5) is 10.1 Å². The Hall–Kier alpha value is -3.09. The SMILES string of the molecule is Cc1nnc(-c2ccc(C(=O)Nc3ccc(F)cc3)nc2)o1. The summed E-state index contributed by atoms with van der Waals surface area (Å²) in [5.74, 6) is 0.0406. The number of anilines is 1. The molecule has 7 heteroatoms. The number of rotatable bonds is 3. The summed E-state index contributed by atoms with van der Waals surface area (Å²) in [6.45, 7) is 1.69. The molecule has 0 radical (unpaired) electrons. The monoisotopic (exact) mass is 298 g/mol. The van der Waals surface area contributed by atoms with Crippen molar-refractivity contribution in [3.63, 3.8) is 0 Å². The van der Waals surface area contributed by atoms with Gasteiger partial charge in [-0.1, -0.05) is 0 Å². The van der Waals surface area contributed by atoms with Gasteiger partial charge in [-0.25, -0.2) is 4.39 Å². The number of hydrogen-bond donors (Lipinski definition) is 1. The van der Waals surface area contributed by atoms with Gasteiger partial charge in [0.1, 0.15) is 11.5 Å². The van der Waals surface area contributed by atoms with Crippen LogP contribution < -0.4 is 5.32 Å². The van der Waals surface area contributed by atoms with Crippen molar-refractivity contribution in [1.82, 2.24) is 15.2 Å². The predicted molar refractivity (Wildman–Crippen MR) is 76.6 cm³/mol. The van der Waals surface area contributed by atoms with Gasteiger partial charge in [-0.15, -0.1) is 10.2 Å². The van der Waals surface area contributed by atoms with E-state index in [9.17, 15) is 9.18 Å². The summed E-state index contributed by atoms with van der Waals surface area (Å²) < 4.78 is 18.1. The molecule has 0 saturated heterocycles. The Morgan fingerprint density at radius 1 is 1.14 bits per heavy atom. The Balaban J connectivity index is 1.74. The summed E-state index contributed by atoms with van der Waals surface area (Å²) in [6, 6.07) is 8.70. The standard InChI is InChI=1S/C15H11FN4O2/c1-9-19-20-15(22-9)10-2-7-13(17-8-10)14(21)18-12-5-3-11(16)4-6-12/h2-8H,1H3,(H,18,21). The molecule has 2 heterocycles. The Labute approximate surface area is 125 Å². The number of nitrogens with one attached hydrogen (secondary N) is 1. The Morgan fingerprint density at radius 3 is 2.50 bits per heavy atom. The van der Waals surface area contributed by atoms with Crippen molar-refractivity contribution in [1.29, 1.82) is 0 Å². The molecule has 1 aromatic carbocycles. The number of carbonyl (C=O) groups is 1. The van der Waals surface area contributed by atoms with E-state index in [1.807, 2.05) is 0 Å². The number of amides is 1. The van der Waals surface area contributed by atoms with Crippen molar-refractivity contribution < 1.29 is 13.6 Å². The molecule has 0 spiro atoms. The Morgan fingerprint density at radius 2 is 1.91 bits per heavy atom. The van der Waals surface area contributed by atoms with Crippen LogP contribution in [0, 0.1) is 12.7 Å². The van der Waals surface area contributed by atoms with Gasteiger partial charge in [0.15, 0.2) is 0 Å². The number of pyridine rings is 1. The average Bonchev–Trinajstić information content (AvgIpc) is 2.96. The van der Waals surface area contributed by atoms with E-state index < -0.39 is 0 Å². The van der Waals surface area contributed by atoms with Gasteiger partial charge in [0, 0.05) is 18.8 Å². The van der Waals surface area contributed by atoms with Crippen molar-refractivity contribution in [3.05, 3.63) is 60.0 Å². The van der Waals surface area contributed by atoms with Crippen molar-refractivity contribution in [3.8, 4) is 11.5 Å². The van der Waals surface area contributed by atoms with Gasteiger partial charge in [0.25, 0.3) is 5.91 Å². The lowest BCUT2D eigenvalue weighted by molar-refractivity contribution is 0.102. The lowest BCUT2D eigenvalue weighted by atomic mass is 10.2. The van der Waals surface area contributed by atoms with Crippen LogP contribution in [-0.4, -0.2) is 21.1 Å². The van der Waals surface area contributed by atoms with Gasteiger partial charge >= 0.3 is 0 Å². The van der Waals surface area contributed by atoms with Gasteiger partial charge in [0.05, 0.1) is 5.56 Å². The van der Waals surface area contributed by atoms with Crippen LogP contribution in [0.25, 0.3) is 11.5 Å². The highest BCUT2D eigenvalue weighted by atomic mass is 19.1. The largest absolute Gasteiger partial charge is 0.421 e. The molecule has 6 nitrogen and oxygen atoms in total. The van der Waals surface area contributed by atoms with Crippen LogP contribution in [-0.2, 0) is 0 Å². The van der Waals surface area contributed by atoms with Crippen molar-refractivity contribution in [2.45, 2.75) is 6.92 Å². The third-order valence-electron chi connectivity index (χ3n) is 2.87. The molecule has 0 fully saturated rings. The summed E-state index contributed by atoms with van der Waals surface area (Å²) in [7, 11) is 0. The maximum absolute atomic E-state index is 12.8. The average molecular weight is 298 g/mol. The maximum Gasteiger partial charge on any atom is 0.274 e. The van der Waals surface area contributed by atoms with Crippen molar-refractivity contribution >= 4 is 11.6 Å². The number of aryl methyl sites for hydroxylation is 1. The number of halogens is 1. The predicted octanol–water partition coefficient (Wildman–Crippen LogP) is 2.83. The summed E-state index contributed by atoms with van der Waals surface area (Å²) >= 11 is 0. The molecule has 22 heavy (non-hydrogen) atoms. The first-order valence-electron chi connectivity index (χ1n) is 6.45. The molecule has 3 aromatic rings.